The van der Waals surface area contributed by atoms with Gasteiger partial charge in [0, 0.05) is 24.5 Å². The summed E-state index contributed by atoms with van der Waals surface area (Å²) in [5.41, 5.74) is 10.7. The molecule has 2 N–H and O–H groups in total. The van der Waals surface area contributed by atoms with E-state index in [1.54, 1.807) is 13.0 Å². The van der Waals surface area contributed by atoms with Crippen molar-refractivity contribution < 1.29 is 13.9 Å². The smallest absolute Gasteiger partial charge is 0.310 e. The second-order valence-electron chi connectivity index (χ2n) is 5.95. The van der Waals surface area contributed by atoms with Crippen LogP contribution in [0.5, 0.6) is 0 Å². The van der Waals surface area contributed by atoms with Gasteiger partial charge in [-0.15, -0.1) is 0 Å². The van der Waals surface area contributed by atoms with Gasteiger partial charge in [0.1, 0.15) is 5.82 Å². The number of nitrogens with zero attached hydrogens (tertiary/aromatic N) is 1. The van der Waals surface area contributed by atoms with Gasteiger partial charge in [0.05, 0.1) is 13.0 Å². The van der Waals surface area contributed by atoms with Crippen molar-refractivity contribution in [2.75, 3.05) is 23.8 Å². The number of halogens is 1. The van der Waals surface area contributed by atoms with Crippen molar-refractivity contribution in [1.82, 2.24) is 0 Å². The highest BCUT2D eigenvalue weighted by molar-refractivity contribution is 5.76. The Hall–Kier alpha value is -2.56. The number of nitrogens with two attached hydrogens (primary N) is 1. The van der Waals surface area contributed by atoms with E-state index in [-0.39, 0.29) is 18.2 Å². The third kappa shape index (κ3) is 3.50. The molecular formula is C19H21FN2O2. The van der Waals surface area contributed by atoms with Gasteiger partial charge in [0.15, 0.2) is 0 Å². The van der Waals surface area contributed by atoms with E-state index in [1.165, 1.54) is 6.07 Å². The molecular weight excluding hydrogens is 307 g/mol. The summed E-state index contributed by atoms with van der Waals surface area (Å²) in [7, 11) is 0. The van der Waals surface area contributed by atoms with Gasteiger partial charge in [-0.1, -0.05) is 12.1 Å². The van der Waals surface area contributed by atoms with Crippen molar-refractivity contribution in [2.45, 2.75) is 26.3 Å². The van der Waals surface area contributed by atoms with E-state index in [1.807, 2.05) is 24.3 Å². The van der Waals surface area contributed by atoms with Gasteiger partial charge in [0.25, 0.3) is 0 Å². The monoisotopic (exact) mass is 328 g/mol. The molecule has 2 aromatic carbocycles. The average molecular weight is 328 g/mol. The fourth-order valence-electron chi connectivity index (χ4n) is 3.05. The van der Waals surface area contributed by atoms with Gasteiger partial charge in [0.2, 0.25) is 0 Å². The largest absolute Gasteiger partial charge is 0.466 e. The molecule has 126 valence electrons. The van der Waals surface area contributed by atoms with E-state index >= 15 is 0 Å². The molecule has 0 atom stereocenters. The minimum absolute atomic E-state index is 0.183. The number of nitrogen functional groups attached to an aromatic ring is 1. The maximum absolute atomic E-state index is 13.3. The van der Waals surface area contributed by atoms with Crippen LogP contribution in [0.2, 0.25) is 0 Å². The first-order valence-electron chi connectivity index (χ1n) is 8.13. The SMILES string of the molecule is CCOC(=O)Cc1ccc(N2CCc3cc(F)ccc3C2)cc1N. The summed E-state index contributed by atoms with van der Waals surface area (Å²) in [5.74, 6) is -0.458. The predicted octanol–water partition coefficient (Wildman–Crippen LogP) is 3.08. The van der Waals surface area contributed by atoms with E-state index in [0.29, 0.717) is 12.3 Å². The number of esters is 1. The summed E-state index contributed by atoms with van der Waals surface area (Å²) >= 11 is 0. The zero-order valence-corrected chi connectivity index (χ0v) is 13.7. The molecule has 0 radical (unpaired) electrons. The fourth-order valence-corrected chi connectivity index (χ4v) is 3.05. The van der Waals surface area contributed by atoms with E-state index in [2.05, 4.69) is 4.90 Å². The molecule has 1 heterocycles. The van der Waals surface area contributed by atoms with Gasteiger partial charge in [-0.05, 0) is 54.3 Å². The second-order valence-corrected chi connectivity index (χ2v) is 5.95. The van der Waals surface area contributed by atoms with Crippen molar-refractivity contribution in [3.8, 4) is 0 Å². The standard InChI is InChI=1S/C19H21FN2O2/c1-2-24-19(23)10-14-4-6-17(11-18(14)21)22-8-7-13-9-16(20)5-3-15(13)12-22/h3-6,9,11H,2,7-8,10,12,21H2,1H3. The lowest BCUT2D eigenvalue weighted by molar-refractivity contribution is -0.142. The summed E-state index contributed by atoms with van der Waals surface area (Å²) in [6.07, 6.45) is 0.986. The molecule has 0 bridgehead atoms. The molecule has 3 rings (SSSR count). The lowest BCUT2D eigenvalue weighted by Gasteiger charge is -2.31. The van der Waals surface area contributed by atoms with E-state index in [4.69, 9.17) is 10.5 Å². The van der Waals surface area contributed by atoms with Gasteiger partial charge in [-0.2, -0.15) is 0 Å². The number of fused-ring (bicyclic) bond motifs is 1. The van der Waals surface area contributed by atoms with Crippen LogP contribution < -0.4 is 10.6 Å². The van der Waals surface area contributed by atoms with Crippen LogP contribution in [-0.2, 0) is 28.9 Å². The predicted molar refractivity (Wildman–Crippen MR) is 92.3 cm³/mol. The van der Waals surface area contributed by atoms with Crippen molar-refractivity contribution in [2.24, 2.45) is 0 Å². The average Bonchev–Trinajstić information content (AvgIpc) is 2.56. The maximum Gasteiger partial charge on any atom is 0.310 e. The third-order valence-electron chi connectivity index (χ3n) is 4.32. The first-order valence-corrected chi connectivity index (χ1v) is 8.13. The van der Waals surface area contributed by atoms with Crippen LogP contribution in [0.25, 0.3) is 0 Å². The lowest BCUT2D eigenvalue weighted by atomic mass is 9.98. The Morgan fingerprint density at radius 1 is 1.25 bits per heavy atom. The quantitative estimate of drug-likeness (QED) is 0.692. The van der Waals surface area contributed by atoms with Gasteiger partial charge < -0.3 is 15.4 Å². The molecule has 0 saturated carbocycles. The minimum atomic E-state index is -0.272. The summed E-state index contributed by atoms with van der Waals surface area (Å²) in [6, 6.07) is 10.7. The zero-order chi connectivity index (χ0) is 17.1. The third-order valence-corrected chi connectivity index (χ3v) is 4.32. The summed E-state index contributed by atoms with van der Waals surface area (Å²) in [4.78, 5) is 13.8. The Morgan fingerprint density at radius 2 is 2.08 bits per heavy atom. The number of anilines is 2. The van der Waals surface area contributed by atoms with Crippen LogP contribution in [-0.4, -0.2) is 19.1 Å². The molecule has 0 amide bonds. The molecule has 2 aromatic rings. The lowest BCUT2D eigenvalue weighted by Crippen LogP contribution is -2.30. The van der Waals surface area contributed by atoms with Crippen LogP contribution in [0.1, 0.15) is 23.6 Å². The Morgan fingerprint density at radius 3 is 2.83 bits per heavy atom. The van der Waals surface area contributed by atoms with Crippen LogP contribution in [0.15, 0.2) is 36.4 Å². The Kier molecular flexibility index (Phi) is 4.69. The van der Waals surface area contributed by atoms with Gasteiger partial charge in [-0.3, -0.25) is 4.79 Å². The Bertz CT molecular complexity index is 761. The molecule has 0 aromatic heterocycles. The maximum atomic E-state index is 13.3. The number of carbonyl (C=O) groups is 1. The van der Waals surface area contributed by atoms with E-state index in [9.17, 15) is 9.18 Å². The molecule has 1 aliphatic heterocycles. The topological polar surface area (TPSA) is 55.6 Å². The molecule has 5 heteroatoms. The number of hydrogen-bond acceptors (Lipinski definition) is 4. The fraction of sp³-hybridized carbons (Fsp3) is 0.316. The molecule has 0 fully saturated rings. The van der Waals surface area contributed by atoms with E-state index in [0.717, 1.165) is 41.9 Å². The Labute approximate surface area is 141 Å². The van der Waals surface area contributed by atoms with Crippen molar-refractivity contribution in [1.29, 1.82) is 0 Å². The highest BCUT2D eigenvalue weighted by Crippen LogP contribution is 2.28. The van der Waals surface area contributed by atoms with Crippen molar-refractivity contribution >= 4 is 17.3 Å². The van der Waals surface area contributed by atoms with Crippen molar-refractivity contribution in [3.05, 3.63) is 58.9 Å². The normalized spacial score (nSPS) is 13.5. The van der Waals surface area contributed by atoms with Crippen LogP contribution >= 0.6 is 0 Å². The number of ether oxygens (including phenoxy) is 1. The number of hydrogen-bond donors (Lipinski definition) is 1. The molecule has 0 saturated heterocycles. The molecule has 4 nitrogen and oxygen atoms in total. The van der Waals surface area contributed by atoms with Gasteiger partial charge in [-0.25, -0.2) is 4.39 Å². The zero-order valence-electron chi connectivity index (χ0n) is 13.7. The van der Waals surface area contributed by atoms with Gasteiger partial charge >= 0.3 is 5.97 Å². The summed E-state index contributed by atoms with van der Waals surface area (Å²) in [6.45, 7) is 3.69. The van der Waals surface area contributed by atoms with Crippen LogP contribution in [0.3, 0.4) is 0 Å². The summed E-state index contributed by atoms with van der Waals surface area (Å²) in [5, 5.41) is 0. The molecule has 0 spiro atoms. The van der Waals surface area contributed by atoms with Crippen LogP contribution in [0, 0.1) is 5.82 Å². The first kappa shape index (κ1) is 16.3. The van der Waals surface area contributed by atoms with Crippen LogP contribution in [0.4, 0.5) is 15.8 Å². The highest BCUT2D eigenvalue weighted by atomic mass is 19.1. The number of carbonyl (C=O) groups excluding carboxylic acids is 1. The highest BCUT2D eigenvalue weighted by Gasteiger charge is 2.18. The van der Waals surface area contributed by atoms with Crippen molar-refractivity contribution in [3.63, 3.8) is 0 Å². The molecule has 0 unspecified atom stereocenters. The molecule has 1 aliphatic rings. The number of benzene rings is 2. The number of rotatable bonds is 4. The molecule has 24 heavy (non-hydrogen) atoms. The Balaban J connectivity index is 1.75. The minimum Gasteiger partial charge on any atom is -0.466 e. The van der Waals surface area contributed by atoms with E-state index < -0.39 is 0 Å². The molecule has 0 aliphatic carbocycles. The first-order chi connectivity index (χ1) is 11.6. The second kappa shape index (κ2) is 6.91. The summed E-state index contributed by atoms with van der Waals surface area (Å²) < 4.78 is 18.3.